The number of thiol groups is 1. The number of methoxy groups -OCH3 is 1. The van der Waals surface area contributed by atoms with E-state index in [2.05, 4.69) is 37.6 Å². The Hall–Kier alpha value is -1.05. The Morgan fingerprint density at radius 1 is 1.52 bits per heavy atom. The van der Waals surface area contributed by atoms with Crippen LogP contribution in [-0.4, -0.2) is 52.8 Å². The van der Waals surface area contributed by atoms with Crippen LogP contribution >= 0.6 is 10.9 Å². The summed E-state index contributed by atoms with van der Waals surface area (Å²) in [6, 6.07) is 2.22. The zero-order chi connectivity index (χ0) is 17.0. The van der Waals surface area contributed by atoms with Crippen LogP contribution in [0.15, 0.2) is 17.1 Å². The summed E-state index contributed by atoms with van der Waals surface area (Å²) in [5.41, 5.74) is -0.233. The molecular weight excluding hydrogens is 314 g/mol. The quantitative estimate of drug-likeness (QED) is 0.768. The van der Waals surface area contributed by atoms with Crippen molar-refractivity contribution in [1.29, 1.82) is 0 Å². The molecule has 1 aromatic heterocycles. The van der Waals surface area contributed by atoms with Gasteiger partial charge in [-0.15, -0.1) is 0 Å². The molecule has 0 aliphatic carbocycles. The predicted octanol–water partition coefficient (Wildman–Crippen LogP) is 2.00. The highest BCUT2D eigenvalue weighted by molar-refractivity contribution is 8.17. The van der Waals surface area contributed by atoms with Gasteiger partial charge in [0.1, 0.15) is 12.0 Å². The summed E-state index contributed by atoms with van der Waals surface area (Å²) in [4.78, 5) is 18.7. The van der Waals surface area contributed by atoms with Gasteiger partial charge in [-0.1, -0.05) is 0 Å². The highest BCUT2D eigenvalue weighted by Crippen LogP contribution is 2.38. The Morgan fingerprint density at radius 2 is 2.26 bits per heavy atom. The van der Waals surface area contributed by atoms with Crippen LogP contribution in [0.1, 0.15) is 33.9 Å². The van der Waals surface area contributed by atoms with E-state index in [9.17, 15) is 4.79 Å². The van der Waals surface area contributed by atoms with Crippen molar-refractivity contribution in [3.63, 3.8) is 0 Å². The first-order valence-electron chi connectivity index (χ1n) is 8.18. The second-order valence-corrected chi connectivity index (χ2v) is 8.52. The van der Waals surface area contributed by atoms with Gasteiger partial charge in [0, 0.05) is 37.4 Å². The number of nitrogens with zero attached hydrogens (tertiary/aromatic N) is 3. The summed E-state index contributed by atoms with van der Waals surface area (Å²) in [6.45, 7) is 9.16. The molecule has 0 amide bonds. The summed E-state index contributed by atoms with van der Waals surface area (Å²) in [6.07, 6.45) is 1.87. The second kappa shape index (κ2) is 8.17. The van der Waals surface area contributed by atoms with Crippen molar-refractivity contribution >= 4 is 16.7 Å². The van der Waals surface area contributed by atoms with E-state index in [0.29, 0.717) is 6.04 Å². The molecule has 6 nitrogen and oxygen atoms in total. The molecule has 1 aliphatic rings. The fraction of sp³-hybridized carbons (Fsp3) is 0.750. The summed E-state index contributed by atoms with van der Waals surface area (Å²) in [7, 11) is 1.49. The maximum Gasteiger partial charge on any atom is 0.351 e. The van der Waals surface area contributed by atoms with Gasteiger partial charge in [0.05, 0.1) is 12.0 Å². The highest BCUT2D eigenvalue weighted by Gasteiger charge is 2.26. The van der Waals surface area contributed by atoms with Gasteiger partial charge in [0.15, 0.2) is 0 Å². The topological polar surface area (TPSA) is 56.6 Å². The van der Waals surface area contributed by atoms with Crippen molar-refractivity contribution in [2.75, 3.05) is 36.0 Å². The first-order chi connectivity index (χ1) is 11.0. The molecule has 2 heterocycles. The van der Waals surface area contributed by atoms with E-state index >= 15 is 0 Å². The Balaban J connectivity index is 2.09. The van der Waals surface area contributed by atoms with E-state index < -0.39 is 0 Å². The molecule has 132 valence electrons. The van der Waals surface area contributed by atoms with E-state index in [4.69, 9.17) is 9.47 Å². The van der Waals surface area contributed by atoms with Crippen molar-refractivity contribution in [3.05, 3.63) is 22.7 Å². The highest BCUT2D eigenvalue weighted by atomic mass is 32.2. The first-order valence-corrected chi connectivity index (χ1v) is 10.1. The first kappa shape index (κ1) is 18.3. The molecule has 0 N–H and O–H groups in total. The smallest absolute Gasteiger partial charge is 0.351 e. The standard InChI is InChI=1S/C16H29N3O3S/c1-6-18(12(2)3)14-7-8-19(16(20)17-14)15-10-23(11-22-15)9-13(4)21-5/h7-8,12-13,15,23H,6,9-11H2,1-5H3/t13?,15-/m0/s1. The lowest BCUT2D eigenvalue weighted by Crippen LogP contribution is -2.35. The van der Waals surface area contributed by atoms with Gasteiger partial charge in [-0.3, -0.25) is 4.57 Å². The zero-order valence-electron chi connectivity index (χ0n) is 14.7. The fourth-order valence-corrected chi connectivity index (χ4v) is 5.17. The fourth-order valence-electron chi connectivity index (χ4n) is 2.83. The van der Waals surface area contributed by atoms with Crippen molar-refractivity contribution < 1.29 is 9.47 Å². The summed E-state index contributed by atoms with van der Waals surface area (Å²) in [5.74, 6) is 3.37. The minimum atomic E-state index is -0.244. The van der Waals surface area contributed by atoms with Crippen molar-refractivity contribution in [1.82, 2.24) is 9.55 Å². The molecule has 1 fully saturated rings. The van der Waals surface area contributed by atoms with Gasteiger partial charge >= 0.3 is 5.69 Å². The third kappa shape index (κ3) is 4.49. The molecule has 1 aromatic rings. The Bertz CT molecular complexity index is 564. The van der Waals surface area contributed by atoms with Gasteiger partial charge in [-0.05, 0) is 33.8 Å². The molecule has 0 spiro atoms. The van der Waals surface area contributed by atoms with Crippen LogP contribution in [0, 0.1) is 0 Å². The molecule has 7 heteroatoms. The van der Waals surface area contributed by atoms with Crippen LogP contribution in [0.25, 0.3) is 0 Å². The van der Waals surface area contributed by atoms with Crippen LogP contribution in [0.2, 0.25) is 0 Å². The van der Waals surface area contributed by atoms with E-state index in [1.807, 2.05) is 12.3 Å². The molecule has 0 saturated carbocycles. The molecule has 0 aromatic carbocycles. The van der Waals surface area contributed by atoms with Gasteiger partial charge < -0.3 is 14.4 Å². The molecule has 1 saturated heterocycles. The minimum absolute atomic E-state index is 0.187. The van der Waals surface area contributed by atoms with E-state index in [1.165, 1.54) is 0 Å². The Kier molecular flexibility index (Phi) is 6.50. The summed E-state index contributed by atoms with van der Waals surface area (Å²) in [5, 5.41) is 0. The lowest BCUT2D eigenvalue weighted by atomic mass is 10.3. The maximum atomic E-state index is 12.4. The average Bonchev–Trinajstić information content (AvgIpc) is 2.95. The molecule has 0 radical (unpaired) electrons. The minimum Gasteiger partial charge on any atom is -0.381 e. The third-order valence-electron chi connectivity index (χ3n) is 4.17. The number of anilines is 1. The Morgan fingerprint density at radius 3 is 2.83 bits per heavy atom. The van der Waals surface area contributed by atoms with Gasteiger partial charge in [-0.2, -0.15) is 4.98 Å². The van der Waals surface area contributed by atoms with Gasteiger partial charge in [0.2, 0.25) is 0 Å². The van der Waals surface area contributed by atoms with Crippen LogP contribution < -0.4 is 10.6 Å². The number of hydrogen-bond donors (Lipinski definition) is 1. The monoisotopic (exact) mass is 343 g/mol. The second-order valence-electron chi connectivity index (χ2n) is 6.19. The zero-order valence-corrected chi connectivity index (χ0v) is 15.6. The molecule has 1 aliphatic heterocycles. The summed E-state index contributed by atoms with van der Waals surface area (Å²) < 4.78 is 12.8. The van der Waals surface area contributed by atoms with Gasteiger partial charge in [-0.25, -0.2) is 15.7 Å². The number of aromatic nitrogens is 2. The van der Waals surface area contributed by atoms with E-state index in [1.54, 1.807) is 11.7 Å². The SMILES string of the molecule is CCN(c1ccn([C@@H]2C[SH](CC(C)OC)CO2)c(=O)n1)C(C)C. The molecule has 3 atom stereocenters. The summed E-state index contributed by atoms with van der Waals surface area (Å²) >= 11 is 0. The largest absolute Gasteiger partial charge is 0.381 e. The lowest BCUT2D eigenvalue weighted by molar-refractivity contribution is 0.0637. The molecule has 2 unspecified atom stereocenters. The molecular formula is C16H29N3O3S. The van der Waals surface area contributed by atoms with Crippen molar-refractivity contribution in [2.24, 2.45) is 0 Å². The molecule has 0 bridgehead atoms. The van der Waals surface area contributed by atoms with Crippen molar-refractivity contribution in [2.45, 2.75) is 46.1 Å². The van der Waals surface area contributed by atoms with Crippen molar-refractivity contribution in [3.8, 4) is 0 Å². The van der Waals surface area contributed by atoms with Crippen LogP contribution in [0.5, 0.6) is 0 Å². The van der Waals surface area contributed by atoms with Crippen LogP contribution in [-0.2, 0) is 9.47 Å². The molecule has 2 rings (SSSR count). The van der Waals surface area contributed by atoms with Gasteiger partial charge in [0.25, 0.3) is 0 Å². The maximum absolute atomic E-state index is 12.4. The third-order valence-corrected chi connectivity index (χ3v) is 6.54. The van der Waals surface area contributed by atoms with Crippen LogP contribution in [0.4, 0.5) is 5.82 Å². The predicted molar refractivity (Wildman–Crippen MR) is 96.8 cm³/mol. The molecule has 23 heavy (non-hydrogen) atoms. The van der Waals surface area contributed by atoms with E-state index in [-0.39, 0.29) is 28.9 Å². The number of ether oxygens (including phenoxy) is 2. The normalized spacial score (nSPS) is 24.1. The average molecular weight is 343 g/mol. The number of rotatable bonds is 7. The van der Waals surface area contributed by atoms with Crippen LogP contribution in [0.3, 0.4) is 0 Å². The van der Waals surface area contributed by atoms with E-state index in [0.717, 1.165) is 29.8 Å². The number of hydrogen-bond acceptors (Lipinski definition) is 5. The Labute approximate surface area is 141 Å². The lowest BCUT2D eigenvalue weighted by Gasteiger charge is -2.26.